The third-order valence-corrected chi connectivity index (χ3v) is 3.43. The van der Waals surface area contributed by atoms with Gasteiger partial charge in [-0.1, -0.05) is 50.6 Å². The highest BCUT2D eigenvalue weighted by Gasteiger charge is 2.23. The zero-order valence-corrected chi connectivity index (χ0v) is 13.2. The van der Waals surface area contributed by atoms with Crippen LogP contribution in [0.25, 0.3) is 0 Å². The Morgan fingerprint density at radius 1 is 1.14 bits per heavy atom. The minimum absolute atomic E-state index is 0.205. The van der Waals surface area contributed by atoms with Gasteiger partial charge in [0.2, 0.25) is 5.91 Å². The maximum Gasteiger partial charge on any atom is 0.326 e. The normalized spacial score (nSPS) is 13.8. The van der Waals surface area contributed by atoms with Crippen LogP contribution in [0, 0.1) is 18.8 Å². The van der Waals surface area contributed by atoms with Crippen LogP contribution in [0.5, 0.6) is 0 Å². The number of hydrogen-bond donors (Lipinski definition) is 2. The van der Waals surface area contributed by atoms with E-state index in [-0.39, 0.29) is 17.7 Å². The predicted molar refractivity (Wildman–Crippen MR) is 83.1 cm³/mol. The van der Waals surface area contributed by atoms with Gasteiger partial charge in [-0.15, -0.1) is 0 Å². The third kappa shape index (κ3) is 5.98. The number of carboxylic acids is 1. The van der Waals surface area contributed by atoms with Gasteiger partial charge >= 0.3 is 5.97 Å². The van der Waals surface area contributed by atoms with Gasteiger partial charge in [0, 0.05) is 5.92 Å². The summed E-state index contributed by atoms with van der Waals surface area (Å²) in [6, 6.07) is 7.22. The van der Waals surface area contributed by atoms with Crippen molar-refractivity contribution in [2.45, 2.75) is 46.6 Å². The van der Waals surface area contributed by atoms with Gasteiger partial charge in [0.1, 0.15) is 6.04 Å². The maximum absolute atomic E-state index is 12.1. The van der Waals surface area contributed by atoms with Crippen LogP contribution in [-0.4, -0.2) is 23.0 Å². The van der Waals surface area contributed by atoms with E-state index >= 15 is 0 Å². The first kappa shape index (κ1) is 17.2. The predicted octanol–water partition coefficient (Wildman–Crippen LogP) is 2.79. The molecular formula is C17H25NO3. The molecule has 116 valence electrons. The van der Waals surface area contributed by atoms with Crippen LogP contribution in [0.3, 0.4) is 0 Å². The number of nitrogens with one attached hydrogen (secondary N) is 1. The SMILES string of the molecule is Cc1ccc(CC(C)C(=O)N[C@H](CC(C)C)C(=O)O)cc1. The van der Waals surface area contributed by atoms with Crippen LogP contribution in [0.4, 0.5) is 0 Å². The van der Waals surface area contributed by atoms with E-state index in [2.05, 4.69) is 5.32 Å². The van der Waals surface area contributed by atoms with Crippen LogP contribution in [0.1, 0.15) is 38.3 Å². The molecular weight excluding hydrogens is 266 g/mol. The summed E-state index contributed by atoms with van der Waals surface area (Å²) in [5.41, 5.74) is 2.26. The number of benzene rings is 1. The number of aliphatic carboxylic acids is 1. The van der Waals surface area contributed by atoms with Crippen LogP contribution in [0.15, 0.2) is 24.3 Å². The molecule has 0 aliphatic rings. The summed E-state index contributed by atoms with van der Waals surface area (Å²) < 4.78 is 0. The fourth-order valence-electron chi connectivity index (χ4n) is 2.18. The molecule has 0 aliphatic carbocycles. The number of carbonyl (C=O) groups is 2. The molecule has 0 aliphatic heterocycles. The largest absolute Gasteiger partial charge is 0.480 e. The van der Waals surface area contributed by atoms with Gasteiger partial charge < -0.3 is 10.4 Å². The van der Waals surface area contributed by atoms with Gasteiger partial charge in [0.15, 0.2) is 0 Å². The molecule has 1 amide bonds. The first-order valence-corrected chi connectivity index (χ1v) is 7.38. The minimum Gasteiger partial charge on any atom is -0.480 e. The molecule has 1 aromatic carbocycles. The number of amides is 1. The van der Waals surface area contributed by atoms with Crippen molar-refractivity contribution in [3.05, 3.63) is 35.4 Å². The van der Waals surface area contributed by atoms with Crippen molar-refractivity contribution in [2.75, 3.05) is 0 Å². The Kier molecular flexibility index (Phi) is 6.40. The number of aryl methyl sites for hydroxylation is 1. The molecule has 1 aromatic rings. The Hall–Kier alpha value is -1.84. The van der Waals surface area contributed by atoms with Crippen molar-refractivity contribution in [2.24, 2.45) is 11.8 Å². The highest BCUT2D eigenvalue weighted by atomic mass is 16.4. The van der Waals surface area contributed by atoms with Gasteiger partial charge in [0.25, 0.3) is 0 Å². The van der Waals surface area contributed by atoms with Gasteiger partial charge in [-0.05, 0) is 31.2 Å². The second-order valence-corrected chi connectivity index (χ2v) is 6.12. The summed E-state index contributed by atoms with van der Waals surface area (Å²) in [5.74, 6) is -1.20. The summed E-state index contributed by atoms with van der Waals surface area (Å²) in [6.07, 6.45) is 1.05. The molecule has 0 spiro atoms. The van der Waals surface area contributed by atoms with E-state index in [9.17, 15) is 9.59 Å². The average molecular weight is 291 g/mol. The summed E-state index contributed by atoms with van der Waals surface area (Å²) in [5, 5.41) is 11.8. The monoisotopic (exact) mass is 291 g/mol. The molecule has 2 atom stereocenters. The van der Waals surface area contributed by atoms with Gasteiger partial charge in [0.05, 0.1) is 0 Å². The molecule has 4 nitrogen and oxygen atoms in total. The van der Waals surface area contributed by atoms with Crippen molar-refractivity contribution in [3.8, 4) is 0 Å². The van der Waals surface area contributed by atoms with Crippen molar-refractivity contribution in [3.63, 3.8) is 0 Å². The molecule has 0 aromatic heterocycles. The lowest BCUT2D eigenvalue weighted by Gasteiger charge is -2.19. The highest BCUT2D eigenvalue weighted by Crippen LogP contribution is 2.12. The molecule has 2 N–H and O–H groups in total. The van der Waals surface area contributed by atoms with Gasteiger partial charge in [-0.3, -0.25) is 4.79 Å². The molecule has 1 rings (SSSR count). The lowest BCUT2D eigenvalue weighted by molar-refractivity contribution is -0.142. The molecule has 0 fully saturated rings. The van der Waals surface area contributed by atoms with Gasteiger partial charge in [-0.25, -0.2) is 4.79 Å². The van der Waals surface area contributed by atoms with E-state index in [4.69, 9.17) is 5.11 Å². The lowest BCUT2D eigenvalue weighted by atomic mass is 9.98. The van der Waals surface area contributed by atoms with E-state index in [0.717, 1.165) is 5.56 Å². The zero-order valence-electron chi connectivity index (χ0n) is 13.2. The second-order valence-electron chi connectivity index (χ2n) is 6.12. The lowest BCUT2D eigenvalue weighted by Crippen LogP contribution is -2.44. The molecule has 0 saturated carbocycles. The van der Waals surface area contributed by atoms with Crippen LogP contribution >= 0.6 is 0 Å². The fraction of sp³-hybridized carbons (Fsp3) is 0.529. The molecule has 4 heteroatoms. The quantitative estimate of drug-likeness (QED) is 0.812. The van der Waals surface area contributed by atoms with E-state index in [1.165, 1.54) is 5.56 Å². The van der Waals surface area contributed by atoms with E-state index < -0.39 is 12.0 Å². The van der Waals surface area contributed by atoms with Gasteiger partial charge in [-0.2, -0.15) is 0 Å². The Bertz CT molecular complexity index is 479. The molecule has 0 radical (unpaired) electrons. The maximum atomic E-state index is 12.1. The van der Waals surface area contributed by atoms with E-state index in [1.807, 2.05) is 52.0 Å². The molecule has 0 saturated heterocycles. The third-order valence-electron chi connectivity index (χ3n) is 3.43. The summed E-state index contributed by atoms with van der Waals surface area (Å²) in [6.45, 7) is 7.72. The fourth-order valence-corrected chi connectivity index (χ4v) is 2.18. The Balaban J connectivity index is 2.60. The van der Waals surface area contributed by atoms with Crippen LogP contribution < -0.4 is 5.32 Å². The van der Waals surface area contributed by atoms with Crippen molar-refractivity contribution >= 4 is 11.9 Å². The average Bonchev–Trinajstić information content (AvgIpc) is 2.39. The standard InChI is InChI=1S/C17H25NO3/c1-11(2)9-15(17(20)21)18-16(19)13(4)10-14-7-5-12(3)6-8-14/h5-8,11,13,15H,9-10H2,1-4H3,(H,18,19)(H,20,21)/t13?,15-/m1/s1. The van der Waals surface area contributed by atoms with E-state index in [1.54, 1.807) is 0 Å². The highest BCUT2D eigenvalue weighted by molar-refractivity contribution is 5.84. The number of carboxylic acid groups (broad SMARTS) is 1. The zero-order chi connectivity index (χ0) is 16.0. The van der Waals surface area contributed by atoms with E-state index in [0.29, 0.717) is 12.8 Å². The smallest absolute Gasteiger partial charge is 0.326 e. The summed E-state index contributed by atoms with van der Waals surface area (Å²) in [4.78, 5) is 23.3. The molecule has 0 heterocycles. The van der Waals surface area contributed by atoms with Crippen LogP contribution in [-0.2, 0) is 16.0 Å². The Morgan fingerprint density at radius 3 is 2.19 bits per heavy atom. The van der Waals surface area contributed by atoms with Crippen molar-refractivity contribution in [1.82, 2.24) is 5.32 Å². The molecule has 21 heavy (non-hydrogen) atoms. The first-order valence-electron chi connectivity index (χ1n) is 7.38. The molecule has 0 bridgehead atoms. The Morgan fingerprint density at radius 2 is 1.71 bits per heavy atom. The van der Waals surface area contributed by atoms with Crippen molar-refractivity contribution < 1.29 is 14.7 Å². The Labute approximate surface area is 126 Å². The minimum atomic E-state index is -0.973. The molecule has 1 unspecified atom stereocenters. The second kappa shape index (κ2) is 7.81. The topological polar surface area (TPSA) is 66.4 Å². The number of carbonyl (C=O) groups excluding carboxylic acids is 1. The summed E-state index contributed by atoms with van der Waals surface area (Å²) >= 11 is 0. The van der Waals surface area contributed by atoms with Crippen molar-refractivity contribution in [1.29, 1.82) is 0 Å². The number of rotatable bonds is 7. The number of hydrogen-bond acceptors (Lipinski definition) is 2. The summed E-state index contributed by atoms with van der Waals surface area (Å²) in [7, 11) is 0. The first-order chi connectivity index (χ1) is 9.79. The van der Waals surface area contributed by atoms with Crippen LogP contribution in [0.2, 0.25) is 0 Å².